The Morgan fingerprint density at radius 3 is 2.25 bits per heavy atom. The van der Waals surface area contributed by atoms with Gasteiger partial charge in [0.25, 0.3) is 0 Å². The highest BCUT2D eigenvalue weighted by Crippen LogP contribution is 2.14. The van der Waals surface area contributed by atoms with Crippen LogP contribution in [0.1, 0.15) is 52.9 Å². The molecule has 0 radical (unpaired) electrons. The molecule has 72 valence electrons. The average molecular weight is 170 g/mol. The lowest BCUT2D eigenvalue weighted by Gasteiger charge is -2.08. The number of unbranched alkanes of at least 4 members (excludes halogenated alkanes) is 1. The van der Waals surface area contributed by atoms with Gasteiger partial charge in [0.1, 0.15) is 6.29 Å². The Morgan fingerprint density at radius 1 is 1.17 bits per heavy atom. The van der Waals surface area contributed by atoms with Gasteiger partial charge in [-0.3, -0.25) is 0 Å². The first kappa shape index (κ1) is 11.7. The summed E-state index contributed by atoms with van der Waals surface area (Å²) in [5, 5.41) is 0. The number of aldehydes is 1. The largest absolute Gasteiger partial charge is 0.303 e. The Hall–Kier alpha value is -0.330. The minimum absolute atomic E-state index is 0.266. The molecule has 0 aliphatic heterocycles. The second-order valence-electron chi connectivity index (χ2n) is 3.91. The van der Waals surface area contributed by atoms with Crippen molar-refractivity contribution in [2.24, 2.45) is 11.8 Å². The maximum atomic E-state index is 10.3. The molecule has 0 fully saturated rings. The van der Waals surface area contributed by atoms with Gasteiger partial charge in [0.2, 0.25) is 0 Å². The zero-order valence-electron chi connectivity index (χ0n) is 8.68. The zero-order chi connectivity index (χ0) is 9.40. The molecule has 0 amide bonds. The van der Waals surface area contributed by atoms with Crippen molar-refractivity contribution in [1.29, 1.82) is 0 Å². The maximum absolute atomic E-state index is 10.3. The molecule has 2 unspecified atom stereocenters. The Kier molecular flexibility index (Phi) is 7.12. The van der Waals surface area contributed by atoms with E-state index < -0.39 is 0 Å². The topological polar surface area (TPSA) is 17.1 Å². The molecular formula is C11H22O. The van der Waals surface area contributed by atoms with Crippen molar-refractivity contribution in [1.82, 2.24) is 0 Å². The van der Waals surface area contributed by atoms with Crippen molar-refractivity contribution in [2.45, 2.75) is 52.9 Å². The second-order valence-corrected chi connectivity index (χ2v) is 3.91. The van der Waals surface area contributed by atoms with Gasteiger partial charge in [0.05, 0.1) is 0 Å². The normalized spacial score (nSPS) is 15.6. The van der Waals surface area contributed by atoms with Gasteiger partial charge in [-0.15, -0.1) is 0 Å². The average Bonchev–Trinajstić information content (AvgIpc) is 2.11. The van der Waals surface area contributed by atoms with E-state index in [1.165, 1.54) is 25.7 Å². The Balaban J connectivity index is 3.15. The van der Waals surface area contributed by atoms with Crippen LogP contribution in [0.2, 0.25) is 0 Å². The highest BCUT2D eigenvalue weighted by atomic mass is 16.1. The summed E-state index contributed by atoms with van der Waals surface area (Å²) in [5.74, 6) is 1.12. The van der Waals surface area contributed by atoms with Crippen LogP contribution in [0.15, 0.2) is 0 Å². The number of rotatable bonds is 7. The Bertz CT molecular complexity index is 110. The van der Waals surface area contributed by atoms with E-state index in [4.69, 9.17) is 0 Å². The molecule has 0 heterocycles. The lowest BCUT2D eigenvalue weighted by atomic mass is 9.98. The first-order chi connectivity index (χ1) is 5.70. The minimum atomic E-state index is 0.266. The third-order valence-corrected chi connectivity index (χ3v) is 2.54. The predicted octanol–water partition coefficient (Wildman–Crippen LogP) is 3.43. The van der Waals surface area contributed by atoms with Crippen molar-refractivity contribution < 1.29 is 4.79 Å². The van der Waals surface area contributed by atoms with Crippen LogP contribution >= 0.6 is 0 Å². The smallest absolute Gasteiger partial charge is 0.122 e. The standard InChI is InChI=1S/C11H22O/c1-4-10(2)7-5-6-8-11(3)9-12/h9-11H,4-8H2,1-3H3. The third kappa shape index (κ3) is 6.38. The molecule has 0 aromatic rings. The first-order valence-corrected chi connectivity index (χ1v) is 5.16. The maximum Gasteiger partial charge on any atom is 0.122 e. The lowest BCUT2D eigenvalue weighted by molar-refractivity contribution is -0.110. The Labute approximate surface area is 76.6 Å². The quantitative estimate of drug-likeness (QED) is 0.422. The monoisotopic (exact) mass is 170 g/mol. The second kappa shape index (κ2) is 7.33. The predicted molar refractivity (Wildman–Crippen MR) is 53.2 cm³/mol. The molecule has 0 aliphatic carbocycles. The number of carbonyl (C=O) groups excluding carboxylic acids is 1. The van der Waals surface area contributed by atoms with Crippen molar-refractivity contribution >= 4 is 6.29 Å². The van der Waals surface area contributed by atoms with E-state index in [9.17, 15) is 4.79 Å². The third-order valence-electron chi connectivity index (χ3n) is 2.54. The van der Waals surface area contributed by atoms with Gasteiger partial charge in [-0.05, 0) is 12.3 Å². The van der Waals surface area contributed by atoms with E-state index >= 15 is 0 Å². The molecule has 1 nitrogen and oxygen atoms in total. The van der Waals surface area contributed by atoms with Gasteiger partial charge in [-0.1, -0.05) is 46.5 Å². The summed E-state index contributed by atoms with van der Waals surface area (Å²) in [5.41, 5.74) is 0. The SMILES string of the molecule is CCC(C)CCCCC(C)C=O. The molecule has 12 heavy (non-hydrogen) atoms. The van der Waals surface area contributed by atoms with Gasteiger partial charge in [0.15, 0.2) is 0 Å². The van der Waals surface area contributed by atoms with Gasteiger partial charge < -0.3 is 4.79 Å². The van der Waals surface area contributed by atoms with Crippen LogP contribution < -0.4 is 0 Å². The summed E-state index contributed by atoms with van der Waals surface area (Å²) in [6.45, 7) is 6.53. The summed E-state index contributed by atoms with van der Waals surface area (Å²) in [6, 6.07) is 0. The van der Waals surface area contributed by atoms with Crippen LogP contribution in [-0.2, 0) is 4.79 Å². The van der Waals surface area contributed by atoms with Crippen molar-refractivity contribution in [3.05, 3.63) is 0 Å². The summed E-state index contributed by atoms with van der Waals surface area (Å²) in [7, 11) is 0. The van der Waals surface area contributed by atoms with Crippen LogP contribution in [0.3, 0.4) is 0 Å². The summed E-state index contributed by atoms with van der Waals surface area (Å²) < 4.78 is 0. The van der Waals surface area contributed by atoms with Gasteiger partial charge in [0, 0.05) is 5.92 Å². The van der Waals surface area contributed by atoms with E-state index in [1.54, 1.807) is 0 Å². The molecule has 0 N–H and O–H groups in total. The molecule has 1 heteroatoms. The highest BCUT2D eigenvalue weighted by Gasteiger charge is 2.01. The molecule has 2 atom stereocenters. The first-order valence-electron chi connectivity index (χ1n) is 5.16. The van der Waals surface area contributed by atoms with Crippen LogP contribution in [0, 0.1) is 11.8 Å². The van der Waals surface area contributed by atoms with Crippen molar-refractivity contribution in [2.75, 3.05) is 0 Å². The molecule has 0 saturated heterocycles. The highest BCUT2D eigenvalue weighted by molar-refractivity contribution is 5.52. The Morgan fingerprint density at radius 2 is 1.75 bits per heavy atom. The van der Waals surface area contributed by atoms with Crippen LogP contribution in [0.4, 0.5) is 0 Å². The fraction of sp³-hybridized carbons (Fsp3) is 0.909. The number of hydrogen-bond acceptors (Lipinski definition) is 1. The number of carbonyl (C=O) groups is 1. The van der Waals surface area contributed by atoms with E-state index in [0.717, 1.165) is 18.6 Å². The van der Waals surface area contributed by atoms with Crippen LogP contribution in [0.25, 0.3) is 0 Å². The molecule has 0 spiro atoms. The molecule has 0 aliphatic rings. The molecular weight excluding hydrogens is 148 g/mol. The number of hydrogen-bond donors (Lipinski definition) is 0. The lowest BCUT2D eigenvalue weighted by Crippen LogP contribution is -1.97. The molecule has 0 rings (SSSR count). The summed E-state index contributed by atoms with van der Waals surface area (Å²) in [4.78, 5) is 10.3. The molecule has 0 saturated carbocycles. The van der Waals surface area contributed by atoms with Crippen LogP contribution in [-0.4, -0.2) is 6.29 Å². The minimum Gasteiger partial charge on any atom is -0.303 e. The molecule has 0 bridgehead atoms. The van der Waals surface area contributed by atoms with E-state index in [0.29, 0.717) is 0 Å². The molecule has 0 aromatic heterocycles. The summed E-state index contributed by atoms with van der Waals surface area (Å²) >= 11 is 0. The van der Waals surface area contributed by atoms with Gasteiger partial charge in [-0.2, -0.15) is 0 Å². The van der Waals surface area contributed by atoms with Crippen LogP contribution in [0.5, 0.6) is 0 Å². The van der Waals surface area contributed by atoms with Gasteiger partial charge >= 0.3 is 0 Å². The fourth-order valence-corrected chi connectivity index (χ4v) is 1.23. The van der Waals surface area contributed by atoms with Gasteiger partial charge in [-0.25, -0.2) is 0 Å². The van der Waals surface area contributed by atoms with E-state index in [1.807, 2.05) is 6.92 Å². The fourth-order valence-electron chi connectivity index (χ4n) is 1.23. The summed E-state index contributed by atoms with van der Waals surface area (Å²) in [6.07, 6.45) is 7.23. The molecule has 0 aromatic carbocycles. The van der Waals surface area contributed by atoms with Crippen molar-refractivity contribution in [3.8, 4) is 0 Å². The van der Waals surface area contributed by atoms with Crippen molar-refractivity contribution in [3.63, 3.8) is 0 Å². The van der Waals surface area contributed by atoms with E-state index in [-0.39, 0.29) is 5.92 Å². The van der Waals surface area contributed by atoms with E-state index in [2.05, 4.69) is 13.8 Å². The zero-order valence-corrected chi connectivity index (χ0v) is 8.68.